The summed E-state index contributed by atoms with van der Waals surface area (Å²) in [7, 11) is 2.01. The minimum absolute atomic E-state index is 0.0316. The van der Waals surface area contributed by atoms with Crippen molar-refractivity contribution in [3.63, 3.8) is 0 Å². The lowest BCUT2D eigenvalue weighted by molar-refractivity contribution is 0.0669. The summed E-state index contributed by atoms with van der Waals surface area (Å²) in [4.78, 5) is 31.0. The van der Waals surface area contributed by atoms with Gasteiger partial charge in [0.25, 0.3) is 5.91 Å². The molecule has 6 heteroatoms. The average molecular weight is 428 g/mol. The summed E-state index contributed by atoms with van der Waals surface area (Å²) >= 11 is 3.39. The summed E-state index contributed by atoms with van der Waals surface area (Å²) in [5, 5.41) is 0.579. The first kappa shape index (κ1) is 18.0. The molecule has 0 saturated carbocycles. The molecule has 0 aliphatic carbocycles. The molecular formula is C21H22BrN3O2. The van der Waals surface area contributed by atoms with E-state index in [9.17, 15) is 9.59 Å². The molecule has 1 saturated heterocycles. The number of aromatic amines is 1. The molecule has 3 heterocycles. The number of nitrogens with zero attached hydrogens (tertiary/aromatic N) is 2. The van der Waals surface area contributed by atoms with Gasteiger partial charge in [0.05, 0.1) is 6.04 Å². The number of rotatable bonds is 2. The summed E-state index contributed by atoms with van der Waals surface area (Å²) in [5.74, 6) is -0.106. The molecule has 0 bridgehead atoms. The summed E-state index contributed by atoms with van der Waals surface area (Å²) < 4.78 is 2.92. The third-order valence-electron chi connectivity index (χ3n) is 5.36. The van der Waals surface area contributed by atoms with Gasteiger partial charge in [-0.2, -0.15) is 0 Å². The lowest BCUT2D eigenvalue weighted by Gasteiger charge is -2.30. The SMILES string of the molecule is Cn1cccc1[C@@H]1CCCCCN1C(=O)c1cc(=O)c2cc(Br)ccc2[nH]1. The van der Waals surface area contributed by atoms with Crippen LogP contribution in [0.25, 0.3) is 10.9 Å². The standard InChI is InChI=1S/C21H22BrN3O2/c1-24-10-5-7-18(24)19-6-3-2-4-11-25(19)21(27)17-13-20(26)15-12-14(22)8-9-16(15)23-17/h5,7-10,12-13,19H,2-4,6,11H2,1H3,(H,23,26)/t19-/m0/s1. The molecule has 1 N–H and O–H groups in total. The van der Waals surface area contributed by atoms with Gasteiger partial charge in [0, 0.05) is 46.9 Å². The van der Waals surface area contributed by atoms with Gasteiger partial charge in [-0.05, 0) is 43.2 Å². The molecule has 0 radical (unpaired) electrons. The van der Waals surface area contributed by atoms with Crippen LogP contribution >= 0.6 is 15.9 Å². The van der Waals surface area contributed by atoms with Gasteiger partial charge in [0.15, 0.2) is 5.43 Å². The molecule has 2 aromatic heterocycles. The number of likely N-dealkylation sites (tertiary alicyclic amines) is 1. The molecule has 1 aliphatic heterocycles. The molecule has 1 aliphatic rings. The second-order valence-corrected chi connectivity index (χ2v) is 8.06. The lowest BCUT2D eigenvalue weighted by Crippen LogP contribution is -2.36. The number of hydrogen-bond acceptors (Lipinski definition) is 2. The Morgan fingerprint density at radius 3 is 2.81 bits per heavy atom. The number of benzene rings is 1. The van der Waals surface area contributed by atoms with E-state index in [-0.39, 0.29) is 17.4 Å². The van der Waals surface area contributed by atoms with Crippen molar-refractivity contribution in [1.82, 2.24) is 14.5 Å². The van der Waals surface area contributed by atoms with Crippen molar-refractivity contribution in [1.29, 1.82) is 0 Å². The summed E-state index contributed by atoms with van der Waals surface area (Å²) in [6, 6.07) is 11.0. The molecule has 1 aromatic carbocycles. The molecular weight excluding hydrogens is 406 g/mol. The summed E-state index contributed by atoms with van der Waals surface area (Å²) in [6.07, 6.45) is 6.15. The van der Waals surface area contributed by atoms with E-state index in [0.717, 1.165) is 35.8 Å². The van der Waals surface area contributed by atoms with E-state index in [4.69, 9.17) is 0 Å². The number of carbonyl (C=O) groups excluding carboxylic acids is 1. The van der Waals surface area contributed by atoms with E-state index in [2.05, 4.69) is 31.5 Å². The fourth-order valence-electron chi connectivity index (χ4n) is 3.97. The van der Waals surface area contributed by atoms with Crippen molar-refractivity contribution in [3.05, 3.63) is 68.7 Å². The van der Waals surface area contributed by atoms with Crippen LogP contribution in [0.3, 0.4) is 0 Å². The van der Waals surface area contributed by atoms with Crippen molar-refractivity contribution < 1.29 is 4.79 Å². The van der Waals surface area contributed by atoms with Crippen molar-refractivity contribution in [3.8, 4) is 0 Å². The highest BCUT2D eigenvalue weighted by Gasteiger charge is 2.29. The Balaban J connectivity index is 1.75. The first-order valence-electron chi connectivity index (χ1n) is 9.29. The predicted octanol–water partition coefficient (Wildman–Crippen LogP) is 4.39. The number of nitrogens with one attached hydrogen (secondary N) is 1. The molecule has 27 heavy (non-hydrogen) atoms. The zero-order valence-electron chi connectivity index (χ0n) is 15.2. The Kier molecular flexibility index (Phi) is 4.91. The number of fused-ring (bicyclic) bond motifs is 1. The van der Waals surface area contributed by atoms with Crippen LogP contribution in [0.15, 0.2) is 51.9 Å². The highest BCUT2D eigenvalue weighted by atomic mass is 79.9. The maximum absolute atomic E-state index is 13.4. The second-order valence-electron chi connectivity index (χ2n) is 7.14. The third-order valence-corrected chi connectivity index (χ3v) is 5.85. The lowest BCUT2D eigenvalue weighted by atomic mass is 10.1. The normalized spacial score (nSPS) is 17.9. The molecule has 1 fully saturated rings. The number of halogens is 1. The zero-order valence-corrected chi connectivity index (χ0v) is 16.8. The van der Waals surface area contributed by atoms with Crippen molar-refractivity contribution in [2.45, 2.75) is 31.7 Å². The van der Waals surface area contributed by atoms with Gasteiger partial charge in [-0.3, -0.25) is 9.59 Å². The van der Waals surface area contributed by atoms with Crippen LogP contribution in [-0.4, -0.2) is 26.9 Å². The highest BCUT2D eigenvalue weighted by molar-refractivity contribution is 9.10. The van der Waals surface area contributed by atoms with E-state index in [1.165, 1.54) is 6.07 Å². The van der Waals surface area contributed by atoms with E-state index < -0.39 is 0 Å². The molecule has 1 amide bonds. The second kappa shape index (κ2) is 7.35. The Hall–Kier alpha value is -2.34. The van der Waals surface area contributed by atoms with Crippen molar-refractivity contribution >= 4 is 32.7 Å². The third kappa shape index (κ3) is 3.46. The van der Waals surface area contributed by atoms with Gasteiger partial charge in [0.2, 0.25) is 0 Å². The smallest absolute Gasteiger partial charge is 0.270 e. The fraction of sp³-hybridized carbons (Fsp3) is 0.333. The van der Waals surface area contributed by atoms with Crippen LogP contribution in [0.1, 0.15) is 47.9 Å². The fourth-order valence-corrected chi connectivity index (χ4v) is 4.33. The number of pyridine rings is 1. The molecule has 5 nitrogen and oxygen atoms in total. The first-order chi connectivity index (χ1) is 13.0. The van der Waals surface area contributed by atoms with Gasteiger partial charge >= 0.3 is 0 Å². The molecule has 4 rings (SSSR count). The van der Waals surface area contributed by atoms with Gasteiger partial charge in [-0.15, -0.1) is 0 Å². The van der Waals surface area contributed by atoms with E-state index >= 15 is 0 Å². The molecule has 140 valence electrons. The van der Waals surface area contributed by atoms with Crippen LogP contribution in [0.5, 0.6) is 0 Å². The topological polar surface area (TPSA) is 58.1 Å². The first-order valence-corrected chi connectivity index (χ1v) is 10.1. The summed E-state index contributed by atoms with van der Waals surface area (Å²) in [5.41, 5.74) is 2.03. The number of hydrogen-bond donors (Lipinski definition) is 1. The van der Waals surface area contributed by atoms with E-state index in [1.807, 2.05) is 36.3 Å². The maximum Gasteiger partial charge on any atom is 0.270 e. The number of amides is 1. The van der Waals surface area contributed by atoms with E-state index in [1.54, 1.807) is 6.07 Å². The monoisotopic (exact) mass is 427 g/mol. The Labute approximate surface area is 166 Å². The van der Waals surface area contributed by atoms with Gasteiger partial charge < -0.3 is 14.5 Å². The van der Waals surface area contributed by atoms with Gasteiger partial charge in [-0.1, -0.05) is 28.8 Å². The van der Waals surface area contributed by atoms with Crippen LogP contribution in [0.4, 0.5) is 0 Å². The quantitative estimate of drug-likeness (QED) is 0.659. The van der Waals surface area contributed by atoms with E-state index in [0.29, 0.717) is 23.1 Å². The van der Waals surface area contributed by atoms with Gasteiger partial charge in [-0.25, -0.2) is 0 Å². The molecule has 0 unspecified atom stereocenters. The minimum atomic E-state index is -0.140. The average Bonchev–Trinajstić information content (AvgIpc) is 2.93. The number of aryl methyl sites for hydroxylation is 1. The largest absolute Gasteiger partial charge is 0.353 e. The van der Waals surface area contributed by atoms with Crippen LogP contribution in [0, 0.1) is 0 Å². The number of aromatic nitrogens is 2. The number of H-pyrrole nitrogens is 1. The Morgan fingerprint density at radius 2 is 2.04 bits per heavy atom. The highest BCUT2D eigenvalue weighted by Crippen LogP contribution is 2.31. The maximum atomic E-state index is 13.4. The minimum Gasteiger partial charge on any atom is -0.353 e. The van der Waals surface area contributed by atoms with Crippen LogP contribution in [-0.2, 0) is 7.05 Å². The summed E-state index contributed by atoms with van der Waals surface area (Å²) in [6.45, 7) is 0.703. The molecule has 3 aromatic rings. The van der Waals surface area contributed by atoms with Crippen LogP contribution < -0.4 is 5.43 Å². The van der Waals surface area contributed by atoms with Crippen molar-refractivity contribution in [2.75, 3.05) is 6.54 Å². The number of carbonyl (C=O) groups is 1. The van der Waals surface area contributed by atoms with Crippen molar-refractivity contribution in [2.24, 2.45) is 7.05 Å². The Bertz CT molecular complexity index is 1050. The molecule has 0 spiro atoms. The molecule has 1 atom stereocenters. The zero-order chi connectivity index (χ0) is 19.0. The van der Waals surface area contributed by atoms with Gasteiger partial charge in [0.1, 0.15) is 5.69 Å². The Morgan fingerprint density at radius 1 is 1.19 bits per heavy atom. The predicted molar refractivity (Wildman–Crippen MR) is 110 cm³/mol. The van der Waals surface area contributed by atoms with Crippen LogP contribution in [0.2, 0.25) is 0 Å².